The fourth-order valence-corrected chi connectivity index (χ4v) is 4.42. The van der Waals surface area contributed by atoms with Crippen molar-refractivity contribution in [2.24, 2.45) is 0 Å². The van der Waals surface area contributed by atoms with Crippen LogP contribution in [0.3, 0.4) is 0 Å². The molecule has 1 aromatic heterocycles. The van der Waals surface area contributed by atoms with Gasteiger partial charge >= 0.3 is 0 Å². The molecule has 0 fully saturated rings. The van der Waals surface area contributed by atoms with E-state index in [-0.39, 0.29) is 6.10 Å². The molecule has 0 unspecified atom stereocenters. The summed E-state index contributed by atoms with van der Waals surface area (Å²) in [7, 11) is 7.46. The summed E-state index contributed by atoms with van der Waals surface area (Å²) in [6.07, 6.45) is 4.37. The first-order chi connectivity index (χ1) is 16.8. The number of hydrogen-bond acceptors (Lipinski definition) is 8. The maximum Gasteiger partial charge on any atom is 0.148 e. The highest BCUT2D eigenvalue weighted by atomic mass is 32.1. The smallest absolute Gasteiger partial charge is 0.148 e. The van der Waals surface area contributed by atoms with Crippen LogP contribution in [0.15, 0.2) is 36.4 Å². The molecule has 4 rings (SSSR count). The Hall–Kier alpha value is -3.12. The molecule has 0 radical (unpaired) electrons. The number of aldehydes is 1. The van der Waals surface area contributed by atoms with Crippen LogP contribution < -0.4 is 10.1 Å². The van der Waals surface area contributed by atoms with Gasteiger partial charge in [0.05, 0.1) is 18.2 Å². The average Bonchev–Trinajstić information content (AvgIpc) is 3.50. The lowest BCUT2D eigenvalue weighted by molar-refractivity contribution is -0.108. The molecule has 7 nitrogen and oxygen atoms in total. The van der Waals surface area contributed by atoms with Crippen LogP contribution in [-0.2, 0) is 17.6 Å². The van der Waals surface area contributed by atoms with Crippen molar-refractivity contribution in [2.45, 2.75) is 39.2 Å². The number of fused-ring (bicyclic) bond motifs is 1. The zero-order valence-electron chi connectivity index (χ0n) is 21.5. The molecule has 3 aromatic rings. The lowest BCUT2D eigenvalue weighted by Crippen LogP contribution is -2.13. The van der Waals surface area contributed by atoms with E-state index in [0.29, 0.717) is 17.9 Å². The molecule has 0 aliphatic heterocycles. The van der Waals surface area contributed by atoms with Crippen LogP contribution >= 0.6 is 11.3 Å². The Bertz CT molecular complexity index is 1130. The highest BCUT2D eigenvalue weighted by Gasteiger charge is 2.19. The summed E-state index contributed by atoms with van der Waals surface area (Å²) in [6, 6.07) is 14.3. The standard InChI is InChI=1S/C21H19N3OS.C4H9NO.C2H7N/c1-13(2)25-19-10-9-15(11-16(19)12-22)20-23-24-21(26-20)18-8-4-6-14-5-3-7-17(14)18;1-5(2)3-4-6;1-3-2/h4,6,8-11,13H,3,5,7H2,1-2H3;4H,3H2,1-2H3;3H,1-2H3. The minimum atomic E-state index is 0.0289. The van der Waals surface area contributed by atoms with E-state index < -0.39 is 0 Å². The number of nitrogens with zero attached hydrogens (tertiary/aromatic N) is 4. The largest absolute Gasteiger partial charge is 0.490 e. The fourth-order valence-electron chi connectivity index (χ4n) is 3.52. The van der Waals surface area contributed by atoms with Crippen LogP contribution in [0.25, 0.3) is 21.1 Å². The van der Waals surface area contributed by atoms with E-state index in [2.05, 4.69) is 39.8 Å². The highest BCUT2D eigenvalue weighted by Crippen LogP contribution is 2.37. The summed E-state index contributed by atoms with van der Waals surface area (Å²) in [4.78, 5) is 11.4. The van der Waals surface area contributed by atoms with Crippen LogP contribution in [0.2, 0.25) is 0 Å². The van der Waals surface area contributed by atoms with E-state index in [1.807, 2.05) is 65.1 Å². The zero-order chi connectivity index (χ0) is 25.8. The molecule has 0 bridgehead atoms. The predicted octanol–water partition coefficient (Wildman–Crippen LogP) is 4.60. The number of carbonyl (C=O) groups excluding carboxylic acids is 1. The minimum Gasteiger partial charge on any atom is -0.490 e. The Balaban J connectivity index is 0.000000415. The third-order valence-electron chi connectivity index (χ3n) is 4.95. The SMILES string of the molecule is CC(C)Oc1ccc(-c2nnc(-c3cccc4c3CCC4)s2)cc1C#N.CN(C)CC=O.CNC. The van der Waals surface area contributed by atoms with Crippen molar-refractivity contribution in [1.82, 2.24) is 20.4 Å². The van der Waals surface area contributed by atoms with Crippen molar-refractivity contribution in [3.63, 3.8) is 0 Å². The van der Waals surface area contributed by atoms with Gasteiger partial charge in [-0.2, -0.15) is 5.26 Å². The van der Waals surface area contributed by atoms with Crippen molar-refractivity contribution in [3.8, 4) is 33.0 Å². The monoisotopic (exact) mass is 493 g/mol. The molecule has 0 saturated carbocycles. The number of ether oxygens (including phenoxy) is 1. The van der Waals surface area contributed by atoms with Crippen molar-refractivity contribution >= 4 is 17.6 Å². The number of rotatable bonds is 6. The second-order valence-electron chi connectivity index (χ2n) is 8.63. The molecule has 8 heteroatoms. The van der Waals surface area contributed by atoms with Gasteiger partial charge in [-0.05, 0) is 90.6 Å². The van der Waals surface area contributed by atoms with Gasteiger partial charge in [0.1, 0.15) is 28.1 Å². The van der Waals surface area contributed by atoms with Gasteiger partial charge in [-0.3, -0.25) is 0 Å². The van der Waals surface area contributed by atoms with Gasteiger partial charge < -0.3 is 19.7 Å². The first-order valence-corrected chi connectivity index (χ1v) is 12.5. The predicted molar refractivity (Wildman–Crippen MR) is 143 cm³/mol. The Labute approximate surface area is 212 Å². The van der Waals surface area contributed by atoms with E-state index >= 15 is 0 Å². The Kier molecular flexibility index (Phi) is 11.5. The van der Waals surface area contributed by atoms with E-state index in [9.17, 15) is 10.1 Å². The van der Waals surface area contributed by atoms with Gasteiger partial charge in [-0.25, -0.2) is 0 Å². The normalized spacial score (nSPS) is 11.6. The molecule has 0 atom stereocenters. The minimum absolute atomic E-state index is 0.0289. The third-order valence-corrected chi connectivity index (χ3v) is 5.96. The van der Waals surface area contributed by atoms with Crippen LogP contribution in [0.4, 0.5) is 0 Å². The van der Waals surface area contributed by atoms with Crippen molar-refractivity contribution in [1.29, 1.82) is 5.26 Å². The summed E-state index contributed by atoms with van der Waals surface area (Å²) in [6.45, 7) is 4.43. The van der Waals surface area contributed by atoms with Crippen LogP contribution in [0, 0.1) is 11.3 Å². The van der Waals surface area contributed by atoms with Gasteiger partial charge in [0.15, 0.2) is 0 Å². The number of nitriles is 1. The maximum atomic E-state index is 9.57. The summed E-state index contributed by atoms with van der Waals surface area (Å²) in [5, 5.41) is 22.7. The summed E-state index contributed by atoms with van der Waals surface area (Å²) in [5.74, 6) is 0.608. The van der Waals surface area contributed by atoms with Gasteiger partial charge in [0, 0.05) is 11.1 Å². The second-order valence-corrected chi connectivity index (χ2v) is 9.60. The van der Waals surface area contributed by atoms with E-state index in [1.54, 1.807) is 11.3 Å². The number of nitrogens with one attached hydrogen (secondary N) is 1. The molecule has 1 N–H and O–H groups in total. The molecule has 186 valence electrons. The van der Waals surface area contributed by atoms with Gasteiger partial charge in [-0.1, -0.05) is 29.5 Å². The first-order valence-electron chi connectivity index (χ1n) is 11.7. The quantitative estimate of drug-likeness (QED) is 0.502. The number of likely N-dealkylation sites (N-methyl/N-ethyl adjacent to an activating group) is 1. The van der Waals surface area contributed by atoms with Crippen molar-refractivity contribution in [2.75, 3.05) is 34.7 Å². The topological polar surface area (TPSA) is 91.1 Å². The van der Waals surface area contributed by atoms with Crippen molar-refractivity contribution in [3.05, 3.63) is 53.1 Å². The first kappa shape index (κ1) is 28.1. The average molecular weight is 494 g/mol. The molecular weight excluding hydrogens is 458 g/mol. The molecule has 0 amide bonds. The van der Waals surface area contributed by atoms with E-state index in [0.717, 1.165) is 34.7 Å². The Morgan fingerprint density at radius 2 is 1.89 bits per heavy atom. The van der Waals surface area contributed by atoms with Crippen LogP contribution in [0.1, 0.15) is 37.0 Å². The van der Waals surface area contributed by atoms with Gasteiger partial charge in [0.2, 0.25) is 0 Å². The molecule has 1 heterocycles. The number of carbonyl (C=O) groups is 1. The number of hydrogen-bond donors (Lipinski definition) is 1. The fraction of sp³-hybridized carbons (Fsp3) is 0.407. The molecule has 1 aliphatic carbocycles. The molecule has 1 aliphatic rings. The van der Waals surface area contributed by atoms with Crippen molar-refractivity contribution < 1.29 is 9.53 Å². The molecule has 35 heavy (non-hydrogen) atoms. The van der Waals surface area contributed by atoms with E-state index in [1.165, 1.54) is 23.1 Å². The zero-order valence-corrected chi connectivity index (χ0v) is 22.3. The summed E-state index contributed by atoms with van der Waals surface area (Å²) < 4.78 is 5.70. The Morgan fingerprint density at radius 3 is 2.49 bits per heavy atom. The van der Waals surface area contributed by atoms with Crippen LogP contribution in [0.5, 0.6) is 5.75 Å². The Morgan fingerprint density at radius 1 is 1.17 bits per heavy atom. The summed E-state index contributed by atoms with van der Waals surface area (Å²) >= 11 is 1.57. The highest BCUT2D eigenvalue weighted by molar-refractivity contribution is 7.17. The second kappa shape index (κ2) is 14.3. The summed E-state index contributed by atoms with van der Waals surface area (Å²) in [5.41, 5.74) is 5.46. The van der Waals surface area contributed by atoms with E-state index in [4.69, 9.17) is 4.74 Å². The molecular formula is C27H35N5O2S. The number of benzene rings is 2. The molecule has 0 spiro atoms. The number of aromatic nitrogens is 2. The molecule has 0 saturated heterocycles. The maximum absolute atomic E-state index is 9.57. The number of aryl methyl sites for hydroxylation is 1. The third kappa shape index (κ3) is 8.25. The van der Waals surface area contributed by atoms with Gasteiger partial charge in [-0.15, -0.1) is 10.2 Å². The van der Waals surface area contributed by atoms with Crippen LogP contribution in [-0.4, -0.2) is 62.2 Å². The lowest BCUT2D eigenvalue weighted by Gasteiger charge is -2.11. The lowest BCUT2D eigenvalue weighted by atomic mass is 10.0. The van der Waals surface area contributed by atoms with Gasteiger partial charge in [0.25, 0.3) is 0 Å². The molecule has 2 aromatic carbocycles.